The van der Waals surface area contributed by atoms with Crippen LogP contribution in [0.25, 0.3) is 10.9 Å². The highest BCUT2D eigenvalue weighted by Crippen LogP contribution is 2.35. The fourth-order valence-corrected chi connectivity index (χ4v) is 2.15. The molecule has 0 N–H and O–H groups in total. The third-order valence-corrected chi connectivity index (χ3v) is 3.07. The molecule has 92 valence electrons. The molecule has 5 heteroatoms. The second kappa shape index (κ2) is 3.87. The van der Waals surface area contributed by atoms with Crippen LogP contribution in [0.2, 0.25) is 0 Å². The first-order chi connectivity index (χ1) is 8.74. The molecule has 0 saturated carbocycles. The van der Waals surface area contributed by atoms with Gasteiger partial charge in [0.25, 0.3) is 0 Å². The van der Waals surface area contributed by atoms with Crippen molar-refractivity contribution in [3.05, 3.63) is 34.1 Å². The second-order valence-corrected chi connectivity index (χ2v) is 4.04. The van der Waals surface area contributed by atoms with Crippen LogP contribution in [0.5, 0.6) is 11.5 Å². The van der Waals surface area contributed by atoms with Crippen molar-refractivity contribution in [1.82, 2.24) is 4.57 Å². The Balaban J connectivity index is 2.44. The molecule has 0 aliphatic carbocycles. The number of benzene rings is 1. The number of fused-ring (bicyclic) bond motifs is 2. The largest absolute Gasteiger partial charge is 0.454 e. The number of aryl methyl sites for hydroxylation is 1. The summed E-state index contributed by atoms with van der Waals surface area (Å²) < 4.78 is 12.4. The molecule has 2 heterocycles. The van der Waals surface area contributed by atoms with E-state index in [0.717, 1.165) is 5.52 Å². The molecule has 18 heavy (non-hydrogen) atoms. The fraction of sp³-hybridized carbons (Fsp3) is 0.231. The summed E-state index contributed by atoms with van der Waals surface area (Å²) in [4.78, 5) is 23.0. The number of rotatable bonds is 2. The molecule has 1 aliphatic heterocycles. The average molecular weight is 245 g/mol. The maximum absolute atomic E-state index is 12.1. The van der Waals surface area contributed by atoms with E-state index in [9.17, 15) is 9.59 Å². The van der Waals surface area contributed by atoms with Gasteiger partial charge in [0.05, 0.1) is 16.5 Å². The molecule has 0 unspecified atom stereocenters. The maximum Gasteiger partial charge on any atom is 0.231 e. The van der Waals surface area contributed by atoms with Gasteiger partial charge in [0.1, 0.15) is 0 Å². The van der Waals surface area contributed by atoms with Gasteiger partial charge in [0.15, 0.2) is 23.2 Å². The van der Waals surface area contributed by atoms with Crippen molar-refractivity contribution in [2.24, 2.45) is 0 Å². The number of carbonyl (C=O) groups excluding carboxylic acids is 1. The van der Waals surface area contributed by atoms with Gasteiger partial charge in [-0.05, 0) is 13.0 Å². The first-order valence-corrected chi connectivity index (χ1v) is 5.66. The van der Waals surface area contributed by atoms with Crippen LogP contribution in [-0.2, 0) is 6.54 Å². The number of carbonyl (C=O) groups is 1. The van der Waals surface area contributed by atoms with E-state index in [1.165, 1.54) is 0 Å². The van der Waals surface area contributed by atoms with Gasteiger partial charge in [-0.1, -0.05) is 0 Å². The Labute approximate surface area is 103 Å². The molecule has 1 aromatic heterocycles. The van der Waals surface area contributed by atoms with Gasteiger partial charge in [0.2, 0.25) is 6.79 Å². The third-order valence-electron chi connectivity index (χ3n) is 3.07. The lowest BCUT2D eigenvalue weighted by atomic mass is 10.1. The highest BCUT2D eigenvalue weighted by Gasteiger charge is 2.17. The lowest BCUT2D eigenvalue weighted by Crippen LogP contribution is -2.13. The van der Waals surface area contributed by atoms with Crippen molar-refractivity contribution in [3.8, 4) is 11.5 Å². The van der Waals surface area contributed by atoms with Crippen LogP contribution in [0.15, 0.2) is 23.1 Å². The molecule has 0 fully saturated rings. The van der Waals surface area contributed by atoms with E-state index >= 15 is 0 Å². The highest BCUT2D eigenvalue weighted by molar-refractivity contribution is 5.88. The topological polar surface area (TPSA) is 57.5 Å². The molecule has 1 aromatic carbocycles. The minimum Gasteiger partial charge on any atom is -0.454 e. The Kier molecular flexibility index (Phi) is 2.33. The summed E-state index contributed by atoms with van der Waals surface area (Å²) in [5.41, 5.74) is 0.628. The first kappa shape index (κ1) is 10.8. The molecule has 3 rings (SSSR count). The van der Waals surface area contributed by atoms with Crippen LogP contribution in [0.4, 0.5) is 0 Å². The molecule has 0 radical (unpaired) electrons. The van der Waals surface area contributed by atoms with E-state index in [-0.39, 0.29) is 17.8 Å². The van der Waals surface area contributed by atoms with Gasteiger partial charge >= 0.3 is 0 Å². The van der Waals surface area contributed by atoms with Crippen LogP contribution < -0.4 is 14.9 Å². The van der Waals surface area contributed by atoms with Crippen molar-refractivity contribution in [1.29, 1.82) is 0 Å². The molecule has 0 spiro atoms. The second-order valence-electron chi connectivity index (χ2n) is 4.04. The van der Waals surface area contributed by atoms with Crippen molar-refractivity contribution in [3.63, 3.8) is 0 Å². The molecule has 0 bridgehead atoms. The van der Waals surface area contributed by atoms with Crippen LogP contribution in [0.1, 0.15) is 17.3 Å². The molecule has 0 atom stereocenters. The van der Waals surface area contributed by atoms with Gasteiger partial charge in [-0.15, -0.1) is 0 Å². The SMILES string of the molecule is CCn1cc(C=O)c(=O)c2cc3c(cc21)OCO3. The normalized spacial score (nSPS) is 12.9. The van der Waals surface area contributed by atoms with E-state index in [0.29, 0.717) is 29.7 Å². The van der Waals surface area contributed by atoms with E-state index < -0.39 is 0 Å². The zero-order chi connectivity index (χ0) is 12.7. The summed E-state index contributed by atoms with van der Waals surface area (Å²) in [7, 11) is 0. The number of hydrogen-bond acceptors (Lipinski definition) is 4. The number of hydrogen-bond donors (Lipinski definition) is 0. The summed E-state index contributed by atoms with van der Waals surface area (Å²) in [6, 6.07) is 3.41. The minimum atomic E-state index is -0.275. The van der Waals surface area contributed by atoms with Crippen LogP contribution in [0.3, 0.4) is 0 Å². The highest BCUT2D eigenvalue weighted by atomic mass is 16.7. The Morgan fingerprint density at radius 2 is 2.06 bits per heavy atom. The van der Waals surface area contributed by atoms with E-state index in [1.807, 2.05) is 11.5 Å². The minimum absolute atomic E-state index is 0.156. The zero-order valence-corrected chi connectivity index (χ0v) is 9.80. The third kappa shape index (κ3) is 1.40. The van der Waals surface area contributed by atoms with Crippen LogP contribution in [0, 0.1) is 0 Å². The molecule has 0 amide bonds. The van der Waals surface area contributed by atoms with Gasteiger partial charge in [-0.3, -0.25) is 9.59 Å². The van der Waals surface area contributed by atoms with E-state index in [4.69, 9.17) is 9.47 Å². The summed E-state index contributed by atoms with van der Waals surface area (Å²) in [6.45, 7) is 2.77. The van der Waals surface area contributed by atoms with E-state index in [1.54, 1.807) is 18.3 Å². The predicted octanol–water partition coefficient (Wildman–Crippen LogP) is 1.56. The van der Waals surface area contributed by atoms with Gasteiger partial charge in [0, 0.05) is 18.8 Å². The van der Waals surface area contributed by atoms with Crippen molar-refractivity contribution in [2.75, 3.05) is 6.79 Å². The molecular weight excluding hydrogens is 234 g/mol. The van der Waals surface area contributed by atoms with Gasteiger partial charge < -0.3 is 14.0 Å². The molecule has 1 aliphatic rings. The lowest BCUT2D eigenvalue weighted by Gasteiger charge is -2.10. The Morgan fingerprint density at radius 3 is 2.72 bits per heavy atom. The maximum atomic E-state index is 12.1. The monoisotopic (exact) mass is 245 g/mol. The number of nitrogens with zero attached hydrogens (tertiary/aromatic N) is 1. The molecule has 0 saturated heterocycles. The van der Waals surface area contributed by atoms with Crippen molar-refractivity contribution < 1.29 is 14.3 Å². The van der Waals surface area contributed by atoms with Crippen LogP contribution >= 0.6 is 0 Å². The molecule has 5 nitrogen and oxygen atoms in total. The summed E-state index contributed by atoms with van der Waals surface area (Å²) in [5, 5.41) is 0.478. The van der Waals surface area contributed by atoms with Gasteiger partial charge in [-0.2, -0.15) is 0 Å². The summed E-state index contributed by atoms with van der Waals surface area (Å²) >= 11 is 0. The average Bonchev–Trinajstić information content (AvgIpc) is 2.85. The Morgan fingerprint density at radius 1 is 1.33 bits per heavy atom. The summed E-state index contributed by atoms with van der Waals surface area (Å²) in [5.74, 6) is 1.17. The van der Waals surface area contributed by atoms with E-state index in [2.05, 4.69) is 0 Å². The zero-order valence-electron chi connectivity index (χ0n) is 9.80. The van der Waals surface area contributed by atoms with Crippen LogP contribution in [-0.4, -0.2) is 17.6 Å². The lowest BCUT2D eigenvalue weighted by molar-refractivity contribution is 0.112. The first-order valence-electron chi connectivity index (χ1n) is 5.66. The van der Waals surface area contributed by atoms with Gasteiger partial charge in [-0.25, -0.2) is 0 Å². The number of pyridine rings is 1. The smallest absolute Gasteiger partial charge is 0.231 e. The van der Waals surface area contributed by atoms with Crippen molar-refractivity contribution in [2.45, 2.75) is 13.5 Å². The number of aldehydes is 1. The molecule has 2 aromatic rings. The predicted molar refractivity (Wildman–Crippen MR) is 65.4 cm³/mol. The summed E-state index contributed by atoms with van der Waals surface area (Å²) in [6.07, 6.45) is 2.15. The number of ether oxygens (including phenoxy) is 2. The Bertz CT molecular complexity index is 702. The fourth-order valence-electron chi connectivity index (χ4n) is 2.15. The number of aromatic nitrogens is 1. The quantitative estimate of drug-likeness (QED) is 0.753. The standard InChI is InChI=1S/C13H11NO4/c1-2-14-5-8(6-15)13(16)9-3-11-12(4-10(9)14)18-7-17-11/h3-6H,2,7H2,1H3. The van der Waals surface area contributed by atoms with Crippen molar-refractivity contribution >= 4 is 17.2 Å². The Hall–Kier alpha value is -2.30. The molecular formula is C13H11NO4.